The van der Waals surface area contributed by atoms with Gasteiger partial charge in [-0.1, -0.05) is 42.6 Å². The van der Waals surface area contributed by atoms with E-state index in [1.807, 2.05) is 0 Å². The minimum Gasteiger partial charge on any atom is -0.370 e. The van der Waals surface area contributed by atoms with Gasteiger partial charge in [0.25, 0.3) is 5.69 Å². The highest BCUT2D eigenvalue weighted by Gasteiger charge is 2.31. The first-order valence-corrected chi connectivity index (χ1v) is 13.5. The standard InChI is InChI=1S/C22H23N5O3S3/c1-4-9-31-20-23-19-17(15-10-22(2,3)30-11-16(15)33-19)18-24-25-21(26(18)20)32-12-13-5-7-14(8-6-13)27(28)29/h5-8H,4,9-12H2,1-3H3. The van der Waals surface area contributed by atoms with Crippen LogP contribution >= 0.6 is 34.9 Å². The van der Waals surface area contributed by atoms with Crippen molar-refractivity contribution in [3.05, 3.63) is 50.4 Å². The third-order valence-corrected chi connectivity index (χ3v) is 8.71. The molecule has 5 rings (SSSR count). The van der Waals surface area contributed by atoms with Gasteiger partial charge in [0.15, 0.2) is 16.0 Å². The van der Waals surface area contributed by atoms with Crippen molar-refractivity contribution in [3.63, 3.8) is 0 Å². The number of hydrogen-bond donors (Lipinski definition) is 0. The number of ether oxygens (including phenoxy) is 1. The second-order valence-electron chi connectivity index (χ2n) is 8.51. The summed E-state index contributed by atoms with van der Waals surface area (Å²) in [6, 6.07) is 6.64. The van der Waals surface area contributed by atoms with E-state index in [0.29, 0.717) is 12.4 Å². The smallest absolute Gasteiger partial charge is 0.269 e. The topological polar surface area (TPSA) is 95.5 Å². The van der Waals surface area contributed by atoms with Gasteiger partial charge in [0.1, 0.15) is 4.83 Å². The first-order chi connectivity index (χ1) is 15.9. The Morgan fingerprint density at radius 3 is 2.73 bits per heavy atom. The molecule has 0 saturated heterocycles. The first-order valence-electron chi connectivity index (χ1n) is 10.7. The van der Waals surface area contributed by atoms with Crippen molar-refractivity contribution in [3.8, 4) is 0 Å². The second-order valence-corrected chi connectivity index (χ2v) is 11.6. The molecule has 0 atom stereocenters. The number of non-ortho nitro benzene ring substituents is 1. The van der Waals surface area contributed by atoms with Gasteiger partial charge in [0.05, 0.1) is 22.5 Å². The number of fused-ring (bicyclic) bond motifs is 5. The lowest BCUT2D eigenvalue weighted by molar-refractivity contribution is -0.384. The molecule has 172 valence electrons. The van der Waals surface area contributed by atoms with Crippen LogP contribution in [0.15, 0.2) is 34.6 Å². The van der Waals surface area contributed by atoms with E-state index in [4.69, 9.17) is 9.72 Å². The van der Waals surface area contributed by atoms with Gasteiger partial charge in [-0.2, -0.15) is 0 Å². The maximum atomic E-state index is 10.9. The largest absolute Gasteiger partial charge is 0.370 e. The summed E-state index contributed by atoms with van der Waals surface area (Å²) in [6.45, 7) is 6.99. The highest BCUT2D eigenvalue weighted by Crippen LogP contribution is 2.41. The van der Waals surface area contributed by atoms with E-state index in [-0.39, 0.29) is 16.2 Å². The van der Waals surface area contributed by atoms with Gasteiger partial charge < -0.3 is 4.74 Å². The number of nitro benzene ring substituents is 1. The molecule has 1 aliphatic rings. The first kappa shape index (κ1) is 22.6. The highest BCUT2D eigenvalue weighted by molar-refractivity contribution is 7.99. The van der Waals surface area contributed by atoms with Crippen LogP contribution in [0.2, 0.25) is 0 Å². The summed E-state index contributed by atoms with van der Waals surface area (Å²) in [7, 11) is 0. The Bertz CT molecular complexity index is 1350. The van der Waals surface area contributed by atoms with E-state index in [2.05, 4.69) is 35.4 Å². The summed E-state index contributed by atoms with van der Waals surface area (Å²) >= 11 is 4.97. The van der Waals surface area contributed by atoms with Crippen molar-refractivity contribution in [2.24, 2.45) is 0 Å². The Labute approximate surface area is 203 Å². The minimum atomic E-state index is -0.384. The summed E-state index contributed by atoms with van der Waals surface area (Å²) in [5.74, 6) is 1.59. The van der Waals surface area contributed by atoms with Crippen molar-refractivity contribution in [2.75, 3.05) is 5.75 Å². The highest BCUT2D eigenvalue weighted by atomic mass is 32.2. The van der Waals surface area contributed by atoms with E-state index in [9.17, 15) is 10.1 Å². The molecule has 1 aliphatic heterocycles. The molecule has 0 radical (unpaired) electrons. The fourth-order valence-electron chi connectivity index (χ4n) is 3.83. The van der Waals surface area contributed by atoms with Gasteiger partial charge in [-0.15, -0.1) is 21.5 Å². The summed E-state index contributed by atoms with van der Waals surface area (Å²) in [6.07, 6.45) is 1.86. The Morgan fingerprint density at radius 1 is 1.21 bits per heavy atom. The Balaban J connectivity index is 1.56. The monoisotopic (exact) mass is 501 g/mol. The molecule has 0 aliphatic carbocycles. The molecule has 0 bridgehead atoms. The summed E-state index contributed by atoms with van der Waals surface area (Å²) in [5, 5.41) is 22.8. The van der Waals surface area contributed by atoms with E-state index in [1.165, 1.54) is 22.6 Å². The zero-order valence-electron chi connectivity index (χ0n) is 18.5. The molecule has 0 amide bonds. The van der Waals surface area contributed by atoms with E-state index in [1.54, 1.807) is 47.0 Å². The lowest BCUT2D eigenvalue weighted by Crippen LogP contribution is -2.31. The van der Waals surface area contributed by atoms with Crippen molar-refractivity contribution < 1.29 is 9.66 Å². The third kappa shape index (κ3) is 4.34. The van der Waals surface area contributed by atoms with E-state index in [0.717, 1.165) is 50.3 Å². The predicted octanol–water partition coefficient (Wildman–Crippen LogP) is 5.89. The van der Waals surface area contributed by atoms with Gasteiger partial charge in [0, 0.05) is 34.9 Å². The number of benzene rings is 1. The van der Waals surface area contributed by atoms with Crippen molar-refractivity contribution in [1.29, 1.82) is 0 Å². The summed E-state index contributed by atoms with van der Waals surface area (Å²) < 4.78 is 8.11. The van der Waals surface area contributed by atoms with Crippen molar-refractivity contribution in [1.82, 2.24) is 19.6 Å². The molecule has 1 aromatic carbocycles. The molecule has 0 unspecified atom stereocenters. The number of thioether (sulfide) groups is 2. The van der Waals surface area contributed by atoms with Crippen LogP contribution in [0.4, 0.5) is 5.69 Å². The van der Waals surface area contributed by atoms with Crippen LogP contribution in [-0.2, 0) is 23.5 Å². The van der Waals surface area contributed by atoms with Crippen LogP contribution in [0.3, 0.4) is 0 Å². The van der Waals surface area contributed by atoms with Gasteiger partial charge in [0.2, 0.25) is 0 Å². The second kappa shape index (κ2) is 8.86. The SMILES string of the molecule is CCCSc1nc2sc3c(c2c2nnc(SCc4ccc([N+](=O)[O-])cc4)n12)CC(C)(C)OC3. The maximum Gasteiger partial charge on any atom is 0.269 e. The molecular weight excluding hydrogens is 478 g/mol. The number of hydrogen-bond acceptors (Lipinski definition) is 9. The zero-order valence-corrected chi connectivity index (χ0v) is 21.0. The number of nitrogens with zero attached hydrogens (tertiary/aromatic N) is 5. The Hall–Kier alpha value is -2.21. The Kier molecular flexibility index (Phi) is 6.06. The number of thiophene rings is 1. The zero-order chi connectivity index (χ0) is 23.2. The molecule has 0 fully saturated rings. The predicted molar refractivity (Wildman–Crippen MR) is 132 cm³/mol. The van der Waals surface area contributed by atoms with Gasteiger partial charge >= 0.3 is 0 Å². The molecule has 4 heterocycles. The van der Waals surface area contributed by atoms with E-state index >= 15 is 0 Å². The molecule has 3 aromatic heterocycles. The number of aromatic nitrogens is 4. The third-order valence-electron chi connectivity index (χ3n) is 5.46. The van der Waals surface area contributed by atoms with Crippen LogP contribution in [-0.4, -0.2) is 35.9 Å². The summed E-state index contributed by atoms with van der Waals surface area (Å²) in [5.41, 5.74) is 2.98. The van der Waals surface area contributed by atoms with Gasteiger partial charge in [-0.05, 0) is 31.4 Å². The van der Waals surface area contributed by atoms with Gasteiger partial charge in [-0.25, -0.2) is 9.38 Å². The van der Waals surface area contributed by atoms with E-state index < -0.39 is 0 Å². The molecule has 0 spiro atoms. The van der Waals surface area contributed by atoms with Crippen LogP contribution in [0.25, 0.3) is 15.9 Å². The van der Waals surface area contributed by atoms with Crippen LogP contribution in [0.5, 0.6) is 0 Å². The van der Waals surface area contributed by atoms with Crippen LogP contribution in [0, 0.1) is 10.1 Å². The molecule has 0 saturated carbocycles. The normalized spacial score (nSPS) is 15.2. The number of rotatable bonds is 7. The Morgan fingerprint density at radius 2 is 2.00 bits per heavy atom. The van der Waals surface area contributed by atoms with Crippen LogP contribution in [0.1, 0.15) is 43.2 Å². The maximum absolute atomic E-state index is 10.9. The average molecular weight is 502 g/mol. The lowest BCUT2D eigenvalue weighted by atomic mass is 9.94. The molecular formula is C22H23N5O3S3. The molecule has 8 nitrogen and oxygen atoms in total. The minimum absolute atomic E-state index is 0.0932. The molecule has 11 heteroatoms. The fourth-order valence-corrected chi connectivity index (χ4v) is 6.78. The average Bonchev–Trinajstić information content (AvgIpc) is 3.36. The fraction of sp³-hybridized carbons (Fsp3) is 0.409. The summed E-state index contributed by atoms with van der Waals surface area (Å²) in [4.78, 5) is 17.8. The lowest BCUT2D eigenvalue weighted by Gasteiger charge is -2.30. The molecule has 4 aromatic rings. The van der Waals surface area contributed by atoms with Crippen molar-refractivity contribution in [2.45, 2.75) is 61.9 Å². The van der Waals surface area contributed by atoms with Crippen molar-refractivity contribution >= 4 is 56.4 Å². The number of nitro groups is 1. The molecule has 33 heavy (non-hydrogen) atoms. The quantitative estimate of drug-likeness (QED) is 0.134. The molecule has 0 N–H and O–H groups in total. The van der Waals surface area contributed by atoms with Gasteiger partial charge in [-0.3, -0.25) is 10.1 Å². The van der Waals surface area contributed by atoms with Crippen LogP contribution < -0.4 is 0 Å².